The molecule has 1 aromatic rings. The molecule has 0 bridgehead atoms. The second-order valence-electron chi connectivity index (χ2n) is 5.63. The van der Waals surface area contributed by atoms with Gasteiger partial charge in [0.05, 0.1) is 11.8 Å². The molecule has 2 rings (SSSR count). The Kier molecular flexibility index (Phi) is 5.06. The van der Waals surface area contributed by atoms with Crippen molar-refractivity contribution in [2.24, 2.45) is 0 Å². The van der Waals surface area contributed by atoms with Crippen molar-refractivity contribution in [3.8, 4) is 5.88 Å². The summed E-state index contributed by atoms with van der Waals surface area (Å²) in [6.45, 7) is 9.53. The Balaban J connectivity index is 2.02. The summed E-state index contributed by atoms with van der Waals surface area (Å²) >= 11 is 0. The summed E-state index contributed by atoms with van der Waals surface area (Å²) in [6, 6.07) is 4.23. The molecular formula is C15H26N4O. The standard InChI is InChI=1S/C15H26N4O/c1-4-19-9-5-6-12(10-19)17-14-8-7-13(16)15(18-14)20-11(2)3/h7-8,11-12H,4-6,9-10,16H2,1-3H3,(H,17,18). The van der Waals surface area contributed by atoms with Crippen molar-refractivity contribution < 1.29 is 4.74 Å². The van der Waals surface area contributed by atoms with Gasteiger partial charge in [-0.05, 0) is 51.9 Å². The normalized spacial score (nSPS) is 20.1. The molecule has 0 radical (unpaired) electrons. The number of pyridine rings is 1. The van der Waals surface area contributed by atoms with E-state index in [9.17, 15) is 0 Å². The Morgan fingerprint density at radius 2 is 2.30 bits per heavy atom. The predicted octanol–water partition coefficient (Wildman–Crippen LogP) is 2.35. The van der Waals surface area contributed by atoms with Crippen LogP contribution >= 0.6 is 0 Å². The highest BCUT2D eigenvalue weighted by molar-refractivity contribution is 5.54. The van der Waals surface area contributed by atoms with Crippen LogP contribution in [0, 0.1) is 0 Å². The van der Waals surface area contributed by atoms with E-state index in [0.717, 1.165) is 18.9 Å². The number of nitrogens with one attached hydrogen (secondary N) is 1. The van der Waals surface area contributed by atoms with Gasteiger partial charge in [0.15, 0.2) is 0 Å². The third-order valence-electron chi connectivity index (χ3n) is 3.54. The second-order valence-corrected chi connectivity index (χ2v) is 5.63. The number of nitrogens with zero attached hydrogens (tertiary/aromatic N) is 2. The monoisotopic (exact) mass is 278 g/mol. The van der Waals surface area contributed by atoms with Crippen LogP contribution in [-0.2, 0) is 0 Å². The zero-order valence-electron chi connectivity index (χ0n) is 12.7. The van der Waals surface area contributed by atoms with Gasteiger partial charge in [-0.3, -0.25) is 0 Å². The molecular weight excluding hydrogens is 252 g/mol. The molecule has 5 heteroatoms. The summed E-state index contributed by atoms with van der Waals surface area (Å²) in [5.41, 5.74) is 6.48. The number of nitrogens with two attached hydrogens (primary N) is 1. The summed E-state index contributed by atoms with van der Waals surface area (Å²) in [4.78, 5) is 6.94. The highest BCUT2D eigenvalue weighted by Gasteiger charge is 2.19. The van der Waals surface area contributed by atoms with E-state index in [-0.39, 0.29) is 6.10 Å². The average Bonchev–Trinajstić information content (AvgIpc) is 2.42. The van der Waals surface area contributed by atoms with Crippen LogP contribution in [-0.4, -0.2) is 41.7 Å². The van der Waals surface area contributed by atoms with Crippen LogP contribution in [0.4, 0.5) is 11.5 Å². The fraction of sp³-hybridized carbons (Fsp3) is 0.667. The fourth-order valence-corrected chi connectivity index (χ4v) is 2.52. The van der Waals surface area contributed by atoms with Gasteiger partial charge >= 0.3 is 0 Å². The van der Waals surface area contributed by atoms with Crippen molar-refractivity contribution in [3.05, 3.63) is 12.1 Å². The Morgan fingerprint density at radius 3 is 3.00 bits per heavy atom. The lowest BCUT2D eigenvalue weighted by Gasteiger charge is -2.32. The van der Waals surface area contributed by atoms with Gasteiger partial charge in [0.25, 0.3) is 0 Å². The Morgan fingerprint density at radius 1 is 1.50 bits per heavy atom. The summed E-state index contributed by atoms with van der Waals surface area (Å²) in [5.74, 6) is 1.37. The Bertz CT molecular complexity index is 436. The van der Waals surface area contributed by atoms with Crippen molar-refractivity contribution >= 4 is 11.5 Å². The van der Waals surface area contributed by atoms with Crippen LogP contribution in [0.3, 0.4) is 0 Å². The number of likely N-dealkylation sites (N-methyl/N-ethyl adjacent to an activating group) is 1. The number of piperidine rings is 1. The smallest absolute Gasteiger partial charge is 0.239 e. The third-order valence-corrected chi connectivity index (χ3v) is 3.54. The number of hydrogen-bond donors (Lipinski definition) is 2. The van der Waals surface area contributed by atoms with Crippen molar-refractivity contribution in [2.45, 2.75) is 45.8 Å². The molecule has 3 N–H and O–H groups in total. The number of likely N-dealkylation sites (tertiary alicyclic amines) is 1. The topological polar surface area (TPSA) is 63.4 Å². The first-order valence-electron chi connectivity index (χ1n) is 7.50. The summed E-state index contributed by atoms with van der Waals surface area (Å²) in [6.07, 6.45) is 2.49. The van der Waals surface area contributed by atoms with E-state index in [1.54, 1.807) is 0 Å². The molecule has 0 aromatic carbocycles. The summed E-state index contributed by atoms with van der Waals surface area (Å²) in [7, 11) is 0. The molecule has 1 saturated heterocycles. The number of rotatable bonds is 5. The Labute approximate surface area is 121 Å². The molecule has 0 aliphatic carbocycles. The van der Waals surface area contributed by atoms with Crippen LogP contribution in [0.1, 0.15) is 33.6 Å². The van der Waals surface area contributed by atoms with Crippen LogP contribution in [0.15, 0.2) is 12.1 Å². The highest BCUT2D eigenvalue weighted by atomic mass is 16.5. The van der Waals surface area contributed by atoms with Gasteiger partial charge in [0.2, 0.25) is 5.88 Å². The molecule has 1 atom stereocenters. The van der Waals surface area contributed by atoms with Gasteiger partial charge < -0.3 is 20.7 Å². The van der Waals surface area contributed by atoms with E-state index in [4.69, 9.17) is 10.5 Å². The van der Waals surface area contributed by atoms with Gasteiger partial charge in [-0.1, -0.05) is 6.92 Å². The molecule has 112 valence electrons. The molecule has 20 heavy (non-hydrogen) atoms. The van der Waals surface area contributed by atoms with Crippen LogP contribution < -0.4 is 15.8 Å². The van der Waals surface area contributed by atoms with E-state index < -0.39 is 0 Å². The van der Waals surface area contributed by atoms with E-state index in [0.29, 0.717) is 17.6 Å². The number of hydrogen-bond acceptors (Lipinski definition) is 5. The number of anilines is 2. The van der Waals surface area contributed by atoms with E-state index >= 15 is 0 Å². The summed E-state index contributed by atoms with van der Waals surface area (Å²) < 4.78 is 5.63. The molecule has 1 aliphatic rings. The first-order chi connectivity index (χ1) is 9.58. The molecule has 0 saturated carbocycles. The minimum Gasteiger partial charge on any atom is -0.473 e. The zero-order valence-corrected chi connectivity index (χ0v) is 12.7. The van der Waals surface area contributed by atoms with Crippen LogP contribution in [0.2, 0.25) is 0 Å². The fourth-order valence-electron chi connectivity index (χ4n) is 2.52. The van der Waals surface area contributed by atoms with Crippen molar-refractivity contribution in [2.75, 3.05) is 30.7 Å². The maximum atomic E-state index is 5.89. The first-order valence-corrected chi connectivity index (χ1v) is 7.50. The Hall–Kier alpha value is -1.49. The highest BCUT2D eigenvalue weighted by Crippen LogP contribution is 2.23. The summed E-state index contributed by atoms with van der Waals surface area (Å²) in [5, 5.41) is 3.50. The molecule has 1 aromatic heterocycles. The molecule has 1 fully saturated rings. The second kappa shape index (κ2) is 6.79. The lowest BCUT2D eigenvalue weighted by atomic mass is 10.1. The predicted molar refractivity (Wildman–Crippen MR) is 83.2 cm³/mol. The maximum Gasteiger partial charge on any atom is 0.239 e. The minimum atomic E-state index is 0.0744. The quantitative estimate of drug-likeness (QED) is 0.865. The largest absolute Gasteiger partial charge is 0.473 e. The van der Waals surface area contributed by atoms with Gasteiger partial charge in [-0.2, -0.15) is 4.98 Å². The van der Waals surface area contributed by atoms with Gasteiger partial charge in [0, 0.05) is 12.6 Å². The van der Waals surface area contributed by atoms with E-state index in [2.05, 4.69) is 22.1 Å². The van der Waals surface area contributed by atoms with E-state index in [1.807, 2.05) is 26.0 Å². The molecule has 2 heterocycles. The van der Waals surface area contributed by atoms with Gasteiger partial charge in [-0.15, -0.1) is 0 Å². The third kappa shape index (κ3) is 4.00. The lowest BCUT2D eigenvalue weighted by molar-refractivity contribution is 0.225. The first kappa shape index (κ1) is 14.9. The minimum absolute atomic E-state index is 0.0744. The van der Waals surface area contributed by atoms with Crippen molar-refractivity contribution in [1.29, 1.82) is 0 Å². The number of aromatic nitrogens is 1. The van der Waals surface area contributed by atoms with Crippen LogP contribution in [0.5, 0.6) is 5.88 Å². The lowest BCUT2D eigenvalue weighted by Crippen LogP contribution is -2.41. The van der Waals surface area contributed by atoms with Crippen LogP contribution in [0.25, 0.3) is 0 Å². The molecule has 5 nitrogen and oxygen atoms in total. The molecule has 0 amide bonds. The number of ether oxygens (including phenoxy) is 1. The van der Waals surface area contributed by atoms with E-state index in [1.165, 1.54) is 19.4 Å². The van der Waals surface area contributed by atoms with Gasteiger partial charge in [0.1, 0.15) is 5.82 Å². The molecule has 1 aliphatic heterocycles. The van der Waals surface area contributed by atoms with Crippen molar-refractivity contribution in [1.82, 2.24) is 9.88 Å². The SMILES string of the molecule is CCN1CCCC(Nc2ccc(N)c(OC(C)C)n2)C1. The van der Waals surface area contributed by atoms with Crippen molar-refractivity contribution in [3.63, 3.8) is 0 Å². The van der Waals surface area contributed by atoms with Gasteiger partial charge in [-0.25, -0.2) is 0 Å². The molecule has 0 spiro atoms. The molecule has 1 unspecified atom stereocenters. The number of nitrogen functional groups attached to an aromatic ring is 1. The maximum absolute atomic E-state index is 5.89. The average molecular weight is 278 g/mol. The zero-order chi connectivity index (χ0) is 14.5.